The topological polar surface area (TPSA) is 133 Å². The first-order valence-corrected chi connectivity index (χ1v) is 13.3. The molecule has 4 N–H and O–H groups in total. The Kier molecular flexibility index (Phi) is 10.7. The number of carboxylic acids is 2. The van der Waals surface area contributed by atoms with E-state index in [1.54, 1.807) is 62.4 Å². The first-order valence-electron chi connectivity index (χ1n) is 11.1. The smallest absolute Gasteiger partial charge is 0.326 e. The second-order valence-corrected chi connectivity index (χ2v) is 10.9. The Labute approximate surface area is 212 Å². The van der Waals surface area contributed by atoms with E-state index < -0.39 is 35.8 Å². The number of carboxylic acid groups (broad SMARTS) is 2. The van der Waals surface area contributed by atoms with Gasteiger partial charge in [0.2, 0.25) is 0 Å². The van der Waals surface area contributed by atoms with Crippen molar-refractivity contribution in [2.45, 2.75) is 56.0 Å². The van der Waals surface area contributed by atoms with Gasteiger partial charge in [0.1, 0.15) is 12.1 Å². The van der Waals surface area contributed by atoms with Crippen molar-refractivity contribution in [3.63, 3.8) is 0 Å². The van der Waals surface area contributed by atoms with Crippen LogP contribution in [0.2, 0.25) is 0 Å². The van der Waals surface area contributed by atoms with Gasteiger partial charge in [-0.1, -0.05) is 73.5 Å². The first-order chi connectivity index (χ1) is 16.5. The molecule has 0 saturated carbocycles. The number of carbonyl (C=O) groups is 4. The predicted molar refractivity (Wildman–Crippen MR) is 137 cm³/mol. The minimum absolute atomic E-state index is 0.0932. The van der Waals surface area contributed by atoms with Gasteiger partial charge in [-0.3, -0.25) is 9.59 Å². The van der Waals surface area contributed by atoms with Crippen LogP contribution in [0.3, 0.4) is 0 Å². The Morgan fingerprint density at radius 3 is 1.60 bits per heavy atom. The molecule has 0 aliphatic heterocycles. The van der Waals surface area contributed by atoms with E-state index in [1.165, 1.54) is 21.6 Å². The van der Waals surface area contributed by atoms with Gasteiger partial charge in [0.25, 0.3) is 11.8 Å². The molecule has 8 nitrogen and oxygen atoms in total. The number of aliphatic carboxylic acids is 2. The maximum Gasteiger partial charge on any atom is 0.326 e. The van der Waals surface area contributed by atoms with Crippen LogP contribution in [-0.4, -0.2) is 46.0 Å². The van der Waals surface area contributed by atoms with Crippen molar-refractivity contribution in [2.24, 2.45) is 11.8 Å². The zero-order valence-corrected chi connectivity index (χ0v) is 21.6. The zero-order chi connectivity index (χ0) is 26.1. The molecule has 10 heteroatoms. The molecule has 2 rings (SSSR count). The maximum atomic E-state index is 12.9. The van der Waals surface area contributed by atoms with Crippen LogP contribution in [0.1, 0.15) is 54.8 Å². The summed E-state index contributed by atoms with van der Waals surface area (Å²) in [6.07, 6.45) is 0.307. The van der Waals surface area contributed by atoms with E-state index in [-0.39, 0.29) is 11.8 Å². The summed E-state index contributed by atoms with van der Waals surface area (Å²) in [6.45, 7) is 7.20. The number of hydrogen-bond donors (Lipinski definition) is 4. The fourth-order valence-corrected chi connectivity index (χ4v) is 5.56. The minimum atomic E-state index is -1.11. The van der Waals surface area contributed by atoms with Crippen molar-refractivity contribution in [2.75, 3.05) is 0 Å². The second-order valence-electron chi connectivity index (χ2n) is 8.69. The summed E-state index contributed by atoms with van der Waals surface area (Å²) in [5, 5.41) is 24.0. The second kappa shape index (κ2) is 13.2. The van der Waals surface area contributed by atoms with Crippen LogP contribution in [0.4, 0.5) is 0 Å². The highest BCUT2D eigenvalue weighted by atomic mass is 33.1. The fourth-order valence-electron chi connectivity index (χ4n) is 3.20. The number of nitrogens with one attached hydrogen (secondary N) is 2. The molecular formula is C25H30N2O6S2. The third-order valence-corrected chi connectivity index (χ3v) is 7.50. The molecule has 0 saturated heterocycles. The molecule has 0 aromatic heterocycles. The van der Waals surface area contributed by atoms with Crippen molar-refractivity contribution < 1.29 is 29.4 Å². The molecule has 2 aromatic carbocycles. The molecule has 0 bridgehead atoms. The summed E-state index contributed by atoms with van der Waals surface area (Å²) in [7, 11) is 2.50. The highest BCUT2D eigenvalue weighted by molar-refractivity contribution is 8.76. The lowest BCUT2D eigenvalue weighted by atomic mass is 10.0. The average Bonchev–Trinajstić information content (AvgIpc) is 2.80. The van der Waals surface area contributed by atoms with E-state index in [2.05, 4.69) is 10.6 Å². The Morgan fingerprint density at radius 1 is 0.743 bits per heavy atom. The lowest BCUT2D eigenvalue weighted by Gasteiger charge is -2.19. The lowest BCUT2D eigenvalue weighted by molar-refractivity contribution is -0.141. The van der Waals surface area contributed by atoms with Crippen LogP contribution in [0.15, 0.2) is 58.3 Å². The molecule has 188 valence electrons. The van der Waals surface area contributed by atoms with Crippen molar-refractivity contribution in [3.05, 3.63) is 59.7 Å². The van der Waals surface area contributed by atoms with Gasteiger partial charge in [-0.05, 0) is 42.5 Å². The quantitative estimate of drug-likeness (QED) is 0.301. The fraction of sp³-hybridized carbons (Fsp3) is 0.360. The lowest BCUT2D eigenvalue weighted by Crippen LogP contribution is -2.44. The predicted octanol–water partition coefficient (Wildman–Crippen LogP) is 4.55. The molecule has 0 heterocycles. The normalized spacial score (nSPS) is 12.7. The van der Waals surface area contributed by atoms with Crippen molar-refractivity contribution in [1.29, 1.82) is 0 Å². The van der Waals surface area contributed by atoms with Gasteiger partial charge in [-0.15, -0.1) is 0 Å². The third kappa shape index (κ3) is 8.32. The van der Waals surface area contributed by atoms with Crippen LogP contribution < -0.4 is 10.6 Å². The van der Waals surface area contributed by atoms with Crippen molar-refractivity contribution in [1.82, 2.24) is 10.6 Å². The van der Waals surface area contributed by atoms with Gasteiger partial charge in [0.05, 0.1) is 11.1 Å². The third-order valence-electron chi connectivity index (χ3n) is 5.01. The number of amides is 2. The van der Waals surface area contributed by atoms with Gasteiger partial charge in [0, 0.05) is 9.79 Å². The van der Waals surface area contributed by atoms with Gasteiger partial charge < -0.3 is 20.8 Å². The van der Waals surface area contributed by atoms with E-state index in [0.717, 1.165) is 0 Å². The standard InChI is InChI=1S/C25H30N2O6S2/c1-14(2)13-18(24(30)31)26-22(28)16-9-5-7-11-19(16)34-35-20-12-8-6-10-17(20)23(29)27-21(15(3)4)25(32)33/h5-12,14-15,18,21H,13H2,1-4H3,(H,26,28)(H,27,29)(H,30,31)(H,32,33). The van der Waals surface area contributed by atoms with Crippen molar-refractivity contribution in [3.8, 4) is 0 Å². The Balaban J connectivity index is 2.20. The summed E-state index contributed by atoms with van der Waals surface area (Å²) in [5.41, 5.74) is 0.648. The van der Waals surface area contributed by atoms with Gasteiger partial charge in [0.15, 0.2) is 0 Å². The molecule has 2 unspecified atom stereocenters. The maximum absolute atomic E-state index is 12.9. The average molecular weight is 519 g/mol. The van der Waals surface area contributed by atoms with E-state index in [9.17, 15) is 29.4 Å². The molecule has 2 atom stereocenters. The Morgan fingerprint density at radius 2 is 1.20 bits per heavy atom. The molecule has 0 radical (unpaired) electrons. The number of carbonyl (C=O) groups excluding carboxylic acids is 2. The van der Waals surface area contributed by atoms with E-state index in [4.69, 9.17) is 0 Å². The molecule has 0 aliphatic carbocycles. The van der Waals surface area contributed by atoms with Crippen LogP contribution in [-0.2, 0) is 9.59 Å². The van der Waals surface area contributed by atoms with E-state index in [0.29, 0.717) is 27.3 Å². The molecule has 0 spiro atoms. The van der Waals surface area contributed by atoms with Gasteiger partial charge >= 0.3 is 11.9 Å². The SMILES string of the molecule is CC(C)CC(NC(=O)c1ccccc1SSc1ccccc1C(=O)NC(C(=O)O)C(C)C)C(=O)O. The van der Waals surface area contributed by atoms with E-state index >= 15 is 0 Å². The van der Waals surface area contributed by atoms with Gasteiger partial charge in [-0.2, -0.15) is 0 Å². The summed E-state index contributed by atoms with van der Waals surface area (Å²) >= 11 is 0. The molecule has 35 heavy (non-hydrogen) atoms. The first kappa shape index (κ1) is 28.3. The van der Waals surface area contributed by atoms with Crippen LogP contribution in [0.5, 0.6) is 0 Å². The minimum Gasteiger partial charge on any atom is -0.480 e. The summed E-state index contributed by atoms with van der Waals surface area (Å²) in [4.78, 5) is 50.0. The Bertz CT molecular complexity index is 1070. The largest absolute Gasteiger partial charge is 0.480 e. The molecular weight excluding hydrogens is 488 g/mol. The summed E-state index contributed by atoms with van der Waals surface area (Å²) in [6, 6.07) is 11.6. The summed E-state index contributed by atoms with van der Waals surface area (Å²) < 4.78 is 0. The number of rotatable bonds is 12. The zero-order valence-electron chi connectivity index (χ0n) is 20.0. The van der Waals surface area contributed by atoms with Gasteiger partial charge in [-0.25, -0.2) is 9.59 Å². The number of benzene rings is 2. The van der Waals surface area contributed by atoms with E-state index in [1.807, 2.05) is 13.8 Å². The monoisotopic (exact) mass is 518 g/mol. The van der Waals surface area contributed by atoms with Crippen LogP contribution in [0, 0.1) is 11.8 Å². The Hall–Kier alpha value is -2.98. The van der Waals surface area contributed by atoms with Crippen LogP contribution in [0.25, 0.3) is 0 Å². The molecule has 0 aliphatic rings. The summed E-state index contributed by atoms with van der Waals surface area (Å²) in [5.74, 6) is -3.39. The highest BCUT2D eigenvalue weighted by Crippen LogP contribution is 2.40. The molecule has 2 aromatic rings. The molecule has 2 amide bonds. The number of hydrogen-bond acceptors (Lipinski definition) is 6. The van der Waals surface area contributed by atoms with Crippen LogP contribution >= 0.6 is 21.6 Å². The van der Waals surface area contributed by atoms with Crippen molar-refractivity contribution >= 4 is 45.3 Å². The highest BCUT2D eigenvalue weighted by Gasteiger charge is 2.26. The molecule has 0 fully saturated rings.